The molecule has 13 heteroatoms. The van der Waals surface area contributed by atoms with Gasteiger partial charge >= 0.3 is 0 Å². The molecular formula is C43H51N5O7S. The Kier molecular flexibility index (Phi) is 12.6. The molecule has 0 aliphatic carbocycles. The van der Waals surface area contributed by atoms with Crippen molar-refractivity contribution in [3.05, 3.63) is 105 Å². The van der Waals surface area contributed by atoms with Crippen LogP contribution in [0.25, 0.3) is 23.3 Å². The van der Waals surface area contributed by atoms with Crippen LogP contribution in [-0.4, -0.2) is 92.9 Å². The number of nitrogens with one attached hydrogen (secondary N) is 2. The van der Waals surface area contributed by atoms with Crippen LogP contribution >= 0.6 is 0 Å². The normalized spacial score (nSPS) is 17.7. The summed E-state index contributed by atoms with van der Waals surface area (Å²) in [6.45, 7) is 9.88. The molecule has 296 valence electrons. The van der Waals surface area contributed by atoms with Gasteiger partial charge in [0.05, 0.1) is 32.5 Å². The van der Waals surface area contributed by atoms with Gasteiger partial charge in [-0.3, -0.25) is 29.1 Å². The number of ether oxygens (including phenoxy) is 2. The Balaban J connectivity index is 1.15. The van der Waals surface area contributed by atoms with Crippen LogP contribution in [0.5, 0.6) is 11.5 Å². The first-order valence-electron chi connectivity index (χ1n) is 18.8. The standard InChI is InChI=1S/C43H51N5O7S/c1-27-19-33(24-47-17-15-32(23-47)42(50)46-56(6,52)53)40(54-4)20-31(27)14-13-30-9-7-10-36(28(30)2)37-11-8-12-38(29(37)3)45-43(51)39-21-41(55-5)34(22-44-39)25-48-18-16-35(49)26-48/h7-14,19-22,32,35,49H,15-18,23-26H2,1-6H3,(H,45,51)(H,46,50)/b14-13+/t32?,35-/m1/s1. The molecule has 3 N–H and O–H groups in total. The molecular weight excluding hydrogens is 731 g/mol. The predicted octanol–water partition coefficient (Wildman–Crippen LogP) is 5.58. The summed E-state index contributed by atoms with van der Waals surface area (Å²) < 4.78 is 36.6. The van der Waals surface area contributed by atoms with E-state index in [0.29, 0.717) is 50.6 Å². The van der Waals surface area contributed by atoms with Crippen LogP contribution < -0.4 is 19.5 Å². The van der Waals surface area contributed by atoms with Gasteiger partial charge in [-0.15, -0.1) is 0 Å². The van der Waals surface area contributed by atoms with Gasteiger partial charge in [0.1, 0.15) is 17.2 Å². The summed E-state index contributed by atoms with van der Waals surface area (Å²) in [5, 5.41) is 13.0. The molecule has 2 saturated heterocycles. The number of carbonyl (C=O) groups excluding carboxylic acids is 2. The van der Waals surface area contributed by atoms with Crippen LogP contribution in [0, 0.1) is 26.7 Å². The summed E-state index contributed by atoms with van der Waals surface area (Å²) in [7, 11) is -0.370. The second-order valence-electron chi connectivity index (χ2n) is 14.8. The highest BCUT2D eigenvalue weighted by molar-refractivity contribution is 7.89. The van der Waals surface area contributed by atoms with E-state index in [1.807, 2.05) is 31.2 Å². The summed E-state index contributed by atoms with van der Waals surface area (Å²) in [5.74, 6) is 0.153. The van der Waals surface area contributed by atoms with Crippen LogP contribution in [0.4, 0.5) is 5.69 Å². The van der Waals surface area contributed by atoms with E-state index in [1.165, 1.54) is 0 Å². The molecule has 1 aromatic heterocycles. The highest BCUT2D eigenvalue weighted by Crippen LogP contribution is 2.34. The quantitative estimate of drug-likeness (QED) is 0.147. The molecule has 3 aromatic carbocycles. The molecule has 2 aliphatic rings. The van der Waals surface area contributed by atoms with Gasteiger partial charge in [-0.05, 0) is 91.2 Å². The van der Waals surface area contributed by atoms with Gasteiger partial charge in [0.25, 0.3) is 5.91 Å². The number of hydrogen-bond acceptors (Lipinski definition) is 10. The minimum absolute atomic E-state index is 0.251. The number of anilines is 1. The predicted molar refractivity (Wildman–Crippen MR) is 219 cm³/mol. The summed E-state index contributed by atoms with van der Waals surface area (Å²) in [4.78, 5) is 34.6. The number of amides is 2. The Morgan fingerprint density at radius 3 is 2.20 bits per heavy atom. The number of likely N-dealkylation sites (tertiary alicyclic amines) is 2. The maximum atomic E-state index is 13.5. The van der Waals surface area contributed by atoms with Gasteiger partial charge in [0, 0.05) is 61.8 Å². The smallest absolute Gasteiger partial charge is 0.274 e. The third-order valence-electron chi connectivity index (χ3n) is 10.7. The number of hydrogen-bond donors (Lipinski definition) is 3. The van der Waals surface area contributed by atoms with E-state index >= 15 is 0 Å². The lowest BCUT2D eigenvalue weighted by Gasteiger charge is -2.19. The molecule has 2 aliphatic heterocycles. The summed E-state index contributed by atoms with van der Waals surface area (Å²) in [6.07, 6.45) is 7.86. The van der Waals surface area contributed by atoms with Crippen molar-refractivity contribution >= 4 is 39.7 Å². The molecule has 4 aromatic rings. The second kappa shape index (κ2) is 17.4. The fourth-order valence-electron chi connectivity index (χ4n) is 7.60. The zero-order valence-electron chi connectivity index (χ0n) is 32.9. The van der Waals surface area contributed by atoms with Gasteiger partial charge in [-0.1, -0.05) is 48.6 Å². The van der Waals surface area contributed by atoms with Crippen LogP contribution in [0.1, 0.15) is 62.3 Å². The average molecular weight is 782 g/mol. The van der Waals surface area contributed by atoms with Crippen molar-refractivity contribution in [3.8, 4) is 22.6 Å². The minimum Gasteiger partial charge on any atom is -0.496 e. The van der Waals surface area contributed by atoms with E-state index in [4.69, 9.17) is 9.47 Å². The minimum atomic E-state index is -3.60. The molecule has 3 heterocycles. The molecule has 56 heavy (non-hydrogen) atoms. The fraction of sp³-hybridized carbons (Fsp3) is 0.372. The van der Waals surface area contributed by atoms with Crippen molar-refractivity contribution < 1.29 is 32.6 Å². The zero-order chi connectivity index (χ0) is 40.1. The molecule has 0 bridgehead atoms. The van der Waals surface area contributed by atoms with E-state index in [1.54, 1.807) is 26.5 Å². The fourth-order valence-corrected chi connectivity index (χ4v) is 8.14. The Labute approximate surface area is 329 Å². The summed E-state index contributed by atoms with van der Waals surface area (Å²) in [5.41, 5.74) is 10.0. The molecule has 2 fully saturated rings. The van der Waals surface area contributed by atoms with Gasteiger partial charge in [0.2, 0.25) is 15.9 Å². The Bertz CT molecular complexity index is 2260. The van der Waals surface area contributed by atoms with Crippen molar-refractivity contribution in [3.63, 3.8) is 0 Å². The van der Waals surface area contributed by atoms with Crippen LogP contribution in [-0.2, 0) is 27.9 Å². The number of aromatic nitrogens is 1. The number of nitrogens with zero attached hydrogens (tertiary/aromatic N) is 3. The van der Waals surface area contributed by atoms with Crippen LogP contribution in [0.2, 0.25) is 0 Å². The van der Waals surface area contributed by atoms with E-state index in [-0.39, 0.29) is 23.6 Å². The third-order valence-corrected chi connectivity index (χ3v) is 11.3. The maximum absolute atomic E-state index is 13.5. The first-order valence-corrected chi connectivity index (χ1v) is 20.7. The summed E-state index contributed by atoms with van der Waals surface area (Å²) >= 11 is 0. The lowest BCUT2D eigenvalue weighted by molar-refractivity contribution is -0.122. The van der Waals surface area contributed by atoms with Gasteiger partial charge < -0.3 is 19.9 Å². The molecule has 2 amide bonds. The van der Waals surface area contributed by atoms with Gasteiger partial charge in [0.15, 0.2) is 0 Å². The van der Waals surface area contributed by atoms with Crippen molar-refractivity contribution in [1.82, 2.24) is 19.5 Å². The highest BCUT2D eigenvalue weighted by Gasteiger charge is 2.30. The van der Waals surface area contributed by atoms with Crippen molar-refractivity contribution in [1.29, 1.82) is 0 Å². The number of sulfonamides is 1. The Morgan fingerprint density at radius 2 is 1.50 bits per heavy atom. The van der Waals surface area contributed by atoms with Gasteiger partial charge in [-0.25, -0.2) is 8.42 Å². The molecule has 1 unspecified atom stereocenters. The van der Waals surface area contributed by atoms with E-state index in [0.717, 1.165) is 75.0 Å². The number of methoxy groups -OCH3 is 2. The largest absolute Gasteiger partial charge is 0.496 e. The number of aliphatic hydroxyl groups is 1. The number of aliphatic hydroxyl groups excluding tert-OH is 1. The topological polar surface area (TPSA) is 150 Å². The Morgan fingerprint density at radius 1 is 0.857 bits per heavy atom. The number of β-amino-alcohol motifs (C(OH)–C–C–N with tert-alkyl or cyclic N) is 1. The first-order chi connectivity index (χ1) is 26.7. The summed E-state index contributed by atoms with van der Waals surface area (Å²) in [6, 6.07) is 17.9. The first kappa shape index (κ1) is 40.6. The molecule has 2 atom stereocenters. The van der Waals surface area contributed by atoms with E-state index in [2.05, 4.69) is 75.1 Å². The highest BCUT2D eigenvalue weighted by atomic mass is 32.2. The number of carbonyl (C=O) groups is 2. The maximum Gasteiger partial charge on any atom is 0.274 e. The molecule has 0 saturated carbocycles. The van der Waals surface area contributed by atoms with Crippen molar-refractivity contribution in [2.75, 3.05) is 52.0 Å². The Hall–Kier alpha value is -5.08. The lowest BCUT2D eigenvalue weighted by atomic mass is 9.92. The zero-order valence-corrected chi connectivity index (χ0v) is 33.7. The molecule has 6 rings (SSSR count). The third kappa shape index (κ3) is 9.65. The molecule has 0 radical (unpaired) electrons. The molecule has 0 spiro atoms. The monoisotopic (exact) mass is 781 g/mol. The number of pyridine rings is 1. The van der Waals surface area contributed by atoms with Crippen LogP contribution in [0.3, 0.4) is 0 Å². The molecule has 12 nitrogen and oxygen atoms in total. The SMILES string of the molecule is COc1cc(/C=C/c2cccc(-c3cccc(NC(=O)c4cc(OC)c(CN5CC[C@@H](O)C5)cn4)c3C)c2C)c(C)cc1CN1CCC(C(=O)NS(C)(=O)=O)C1. The second-order valence-corrected chi connectivity index (χ2v) is 16.6. The van der Waals surface area contributed by atoms with Gasteiger partial charge in [-0.2, -0.15) is 0 Å². The number of aryl methyl sites for hydroxylation is 1. The van der Waals surface area contributed by atoms with E-state index in [9.17, 15) is 23.1 Å². The van der Waals surface area contributed by atoms with Crippen molar-refractivity contribution in [2.24, 2.45) is 5.92 Å². The lowest BCUT2D eigenvalue weighted by Crippen LogP contribution is -2.36. The van der Waals surface area contributed by atoms with Crippen molar-refractivity contribution in [2.45, 2.75) is 52.8 Å². The number of benzene rings is 3. The van der Waals surface area contributed by atoms with Crippen LogP contribution in [0.15, 0.2) is 60.8 Å². The number of rotatable bonds is 13. The average Bonchev–Trinajstić information content (AvgIpc) is 3.80. The van der Waals surface area contributed by atoms with E-state index < -0.39 is 15.9 Å².